The number of hydrogen-bond acceptors (Lipinski definition) is 3. The highest BCUT2D eigenvalue weighted by Gasteiger charge is 2.46. The van der Waals surface area contributed by atoms with Crippen molar-refractivity contribution < 1.29 is 14.7 Å². The summed E-state index contributed by atoms with van der Waals surface area (Å²) in [6, 6.07) is 29.7. The number of rotatable bonds is 3. The fourth-order valence-corrected chi connectivity index (χ4v) is 4.66. The van der Waals surface area contributed by atoms with Crippen LogP contribution in [0, 0.1) is 0 Å². The Kier molecular flexibility index (Phi) is 5.52. The second kappa shape index (κ2) is 8.55. The number of ketones is 1. The molecule has 1 heterocycles. The van der Waals surface area contributed by atoms with Crippen molar-refractivity contribution in [2.24, 2.45) is 0 Å². The Morgan fingerprint density at radius 3 is 2.06 bits per heavy atom. The van der Waals surface area contributed by atoms with Gasteiger partial charge in [0.15, 0.2) is 0 Å². The second-order valence-electron chi connectivity index (χ2n) is 9.94. The molecule has 1 atom stereocenters. The molecule has 0 spiro atoms. The lowest BCUT2D eigenvalue weighted by atomic mass is 9.87. The van der Waals surface area contributed by atoms with Gasteiger partial charge in [0.1, 0.15) is 5.76 Å². The van der Waals surface area contributed by atoms with E-state index in [4.69, 9.17) is 0 Å². The molecule has 4 nitrogen and oxygen atoms in total. The van der Waals surface area contributed by atoms with Gasteiger partial charge in [-0.2, -0.15) is 0 Å². The van der Waals surface area contributed by atoms with Crippen molar-refractivity contribution in [2.75, 3.05) is 4.90 Å². The van der Waals surface area contributed by atoms with Crippen molar-refractivity contribution >= 4 is 33.9 Å². The molecular weight excluding hydrogens is 434 g/mol. The summed E-state index contributed by atoms with van der Waals surface area (Å²) in [5, 5.41) is 13.4. The van der Waals surface area contributed by atoms with Crippen LogP contribution in [0.1, 0.15) is 43.5 Å². The molecule has 0 bridgehead atoms. The van der Waals surface area contributed by atoms with Crippen LogP contribution in [0.4, 0.5) is 5.69 Å². The smallest absolute Gasteiger partial charge is 0.300 e. The van der Waals surface area contributed by atoms with E-state index in [2.05, 4.69) is 20.8 Å². The molecule has 0 aromatic heterocycles. The topological polar surface area (TPSA) is 57.6 Å². The molecule has 174 valence electrons. The van der Waals surface area contributed by atoms with Crippen molar-refractivity contribution in [3.63, 3.8) is 0 Å². The van der Waals surface area contributed by atoms with E-state index in [9.17, 15) is 14.7 Å². The fraction of sp³-hybridized carbons (Fsp3) is 0.161. The van der Waals surface area contributed by atoms with Crippen molar-refractivity contribution in [3.05, 3.63) is 119 Å². The zero-order valence-electron chi connectivity index (χ0n) is 20.0. The van der Waals surface area contributed by atoms with Crippen LogP contribution >= 0.6 is 0 Å². The minimum Gasteiger partial charge on any atom is -0.507 e. The molecule has 4 aromatic carbocycles. The first-order chi connectivity index (χ1) is 16.8. The SMILES string of the molecule is CC(C)(C)c1ccc(N2C(=O)C(=O)/C(=C(\O)c3ccc4ccccc4c3)C2c2ccccc2)cc1. The number of carbonyl (C=O) groups is 2. The summed E-state index contributed by atoms with van der Waals surface area (Å²) in [5.74, 6) is -1.51. The second-order valence-corrected chi connectivity index (χ2v) is 9.94. The average molecular weight is 462 g/mol. The van der Waals surface area contributed by atoms with Gasteiger partial charge in [-0.05, 0) is 45.5 Å². The normalized spacial score (nSPS) is 17.8. The predicted octanol–water partition coefficient (Wildman–Crippen LogP) is 6.76. The number of amides is 1. The third kappa shape index (κ3) is 4.01. The van der Waals surface area contributed by atoms with Crippen LogP contribution in [0.15, 0.2) is 103 Å². The van der Waals surface area contributed by atoms with Crippen LogP contribution in [0.2, 0.25) is 0 Å². The molecule has 1 N–H and O–H groups in total. The molecule has 1 unspecified atom stereocenters. The van der Waals surface area contributed by atoms with E-state index < -0.39 is 17.7 Å². The zero-order valence-corrected chi connectivity index (χ0v) is 20.0. The zero-order chi connectivity index (χ0) is 24.7. The lowest BCUT2D eigenvalue weighted by molar-refractivity contribution is -0.132. The number of anilines is 1. The van der Waals surface area contributed by atoms with Crippen LogP contribution in [-0.4, -0.2) is 16.8 Å². The van der Waals surface area contributed by atoms with E-state index in [0.29, 0.717) is 11.3 Å². The summed E-state index contributed by atoms with van der Waals surface area (Å²) in [6.07, 6.45) is 0. The lowest BCUT2D eigenvalue weighted by Gasteiger charge is -2.26. The molecule has 1 aliphatic heterocycles. The largest absolute Gasteiger partial charge is 0.507 e. The van der Waals surface area contributed by atoms with Crippen LogP contribution < -0.4 is 4.90 Å². The minimum atomic E-state index is -0.733. The molecule has 0 aliphatic carbocycles. The quantitative estimate of drug-likeness (QED) is 0.208. The number of hydrogen-bond donors (Lipinski definition) is 1. The van der Waals surface area contributed by atoms with Gasteiger partial charge in [0.05, 0.1) is 11.6 Å². The predicted molar refractivity (Wildman–Crippen MR) is 140 cm³/mol. The molecule has 0 radical (unpaired) electrons. The molecule has 1 fully saturated rings. The average Bonchev–Trinajstić information content (AvgIpc) is 3.13. The first-order valence-corrected chi connectivity index (χ1v) is 11.7. The summed E-state index contributed by atoms with van der Waals surface area (Å²) in [6.45, 7) is 6.38. The Hall–Kier alpha value is -4.18. The number of carbonyl (C=O) groups excluding carboxylic acids is 2. The van der Waals surface area contributed by atoms with E-state index in [-0.39, 0.29) is 16.7 Å². The lowest BCUT2D eigenvalue weighted by Crippen LogP contribution is -2.29. The van der Waals surface area contributed by atoms with Crippen molar-refractivity contribution in [2.45, 2.75) is 32.2 Å². The molecule has 1 aliphatic rings. The Balaban J connectivity index is 1.68. The van der Waals surface area contributed by atoms with Gasteiger partial charge >= 0.3 is 0 Å². The van der Waals surface area contributed by atoms with E-state index in [1.54, 1.807) is 6.07 Å². The van der Waals surface area contributed by atoms with Crippen LogP contribution in [0.3, 0.4) is 0 Å². The maximum Gasteiger partial charge on any atom is 0.300 e. The standard InChI is InChI=1S/C31H27NO3/c1-31(2,3)24-15-17-25(18-16-24)32-27(21-10-5-4-6-11-21)26(29(34)30(32)35)28(33)23-14-13-20-9-7-8-12-22(20)19-23/h4-19,27,33H,1-3H3/b28-26-. The Labute approximate surface area is 205 Å². The molecule has 1 amide bonds. The number of aliphatic hydroxyl groups excluding tert-OH is 1. The highest BCUT2D eigenvalue weighted by atomic mass is 16.3. The Bertz CT molecular complexity index is 1460. The Morgan fingerprint density at radius 1 is 0.771 bits per heavy atom. The summed E-state index contributed by atoms with van der Waals surface area (Å²) >= 11 is 0. The number of benzene rings is 4. The van der Waals surface area contributed by atoms with E-state index in [1.165, 1.54) is 4.90 Å². The molecule has 4 aromatic rings. The fourth-order valence-electron chi connectivity index (χ4n) is 4.66. The van der Waals surface area contributed by atoms with Gasteiger partial charge in [0, 0.05) is 11.3 Å². The minimum absolute atomic E-state index is 0.0401. The third-order valence-corrected chi connectivity index (χ3v) is 6.59. The van der Waals surface area contributed by atoms with Crippen molar-refractivity contribution in [1.29, 1.82) is 0 Å². The highest BCUT2D eigenvalue weighted by molar-refractivity contribution is 6.51. The molecule has 4 heteroatoms. The maximum atomic E-state index is 13.4. The first kappa shape index (κ1) is 22.6. The molecular formula is C31H27NO3. The number of aliphatic hydroxyl groups is 1. The van der Waals surface area contributed by atoms with Crippen LogP contribution in [0.25, 0.3) is 16.5 Å². The van der Waals surface area contributed by atoms with Crippen molar-refractivity contribution in [3.8, 4) is 0 Å². The van der Waals surface area contributed by atoms with Gasteiger partial charge in [0.2, 0.25) is 0 Å². The van der Waals surface area contributed by atoms with Crippen LogP contribution in [-0.2, 0) is 15.0 Å². The molecule has 1 saturated heterocycles. The van der Waals surface area contributed by atoms with E-state index >= 15 is 0 Å². The van der Waals surface area contributed by atoms with Gasteiger partial charge in [-0.3, -0.25) is 14.5 Å². The molecule has 5 rings (SSSR count). The number of nitrogens with zero attached hydrogens (tertiary/aromatic N) is 1. The Morgan fingerprint density at radius 2 is 1.40 bits per heavy atom. The maximum absolute atomic E-state index is 13.4. The summed E-state index contributed by atoms with van der Waals surface area (Å²) in [7, 11) is 0. The van der Waals surface area contributed by atoms with Crippen molar-refractivity contribution in [1.82, 2.24) is 0 Å². The highest BCUT2D eigenvalue weighted by Crippen LogP contribution is 2.42. The van der Waals surface area contributed by atoms with Gasteiger partial charge in [-0.25, -0.2) is 0 Å². The summed E-state index contributed by atoms with van der Waals surface area (Å²) < 4.78 is 0. The van der Waals surface area contributed by atoms with E-state index in [1.807, 2.05) is 91.0 Å². The first-order valence-electron chi connectivity index (χ1n) is 11.7. The molecule has 0 saturated carbocycles. The number of fused-ring (bicyclic) bond motifs is 1. The van der Waals surface area contributed by atoms with E-state index in [0.717, 1.165) is 21.9 Å². The number of Topliss-reactive ketones (excluding diaryl/α,β-unsaturated/α-hetero) is 1. The monoisotopic (exact) mass is 461 g/mol. The third-order valence-electron chi connectivity index (χ3n) is 6.59. The van der Waals surface area contributed by atoms with Gasteiger partial charge in [0.25, 0.3) is 11.7 Å². The summed E-state index contributed by atoms with van der Waals surface area (Å²) in [5.41, 5.74) is 3.06. The molecule has 35 heavy (non-hydrogen) atoms. The van der Waals surface area contributed by atoms with Gasteiger partial charge in [-0.1, -0.05) is 99.6 Å². The van der Waals surface area contributed by atoms with Gasteiger partial charge < -0.3 is 5.11 Å². The summed E-state index contributed by atoms with van der Waals surface area (Å²) in [4.78, 5) is 28.2. The van der Waals surface area contributed by atoms with Gasteiger partial charge in [-0.15, -0.1) is 0 Å². The van der Waals surface area contributed by atoms with Crippen LogP contribution in [0.5, 0.6) is 0 Å².